The number of fused-ring (bicyclic) bond motifs is 2. The summed E-state index contributed by atoms with van der Waals surface area (Å²) in [6.45, 7) is 3.80. The van der Waals surface area contributed by atoms with Crippen LogP contribution in [0.4, 0.5) is 4.39 Å². The Morgan fingerprint density at radius 3 is 2.17 bits per heavy atom. The second kappa shape index (κ2) is 2.32. The highest BCUT2D eigenvalue weighted by Crippen LogP contribution is 2.63. The van der Waals surface area contributed by atoms with E-state index in [1.165, 1.54) is 0 Å². The van der Waals surface area contributed by atoms with Gasteiger partial charge < -0.3 is 5.11 Å². The van der Waals surface area contributed by atoms with Crippen molar-refractivity contribution in [3.05, 3.63) is 12.7 Å². The van der Waals surface area contributed by atoms with Gasteiger partial charge in [-0.05, 0) is 37.5 Å². The fraction of sp³-hybridized carbons (Fsp3) is 0.800. The summed E-state index contributed by atoms with van der Waals surface area (Å²) in [5.41, 5.74) is -0.249. The number of alkyl halides is 1. The Balaban J connectivity index is 2.22. The first-order valence-corrected chi connectivity index (χ1v) is 4.58. The van der Waals surface area contributed by atoms with E-state index in [0.29, 0.717) is 0 Å². The number of allylic oxidation sites excluding steroid dienone is 1. The van der Waals surface area contributed by atoms with E-state index >= 15 is 0 Å². The van der Waals surface area contributed by atoms with Gasteiger partial charge in [0.1, 0.15) is 0 Å². The van der Waals surface area contributed by atoms with Crippen molar-refractivity contribution in [3.8, 4) is 0 Å². The van der Waals surface area contributed by atoms with Crippen LogP contribution in [0.15, 0.2) is 12.7 Å². The van der Waals surface area contributed by atoms with Crippen molar-refractivity contribution < 1.29 is 9.50 Å². The summed E-state index contributed by atoms with van der Waals surface area (Å²) in [6, 6.07) is 0. The molecule has 1 nitrogen and oxygen atoms in total. The lowest BCUT2D eigenvalue weighted by Gasteiger charge is -2.26. The molecule has 0 aromatic heterocycles. The molecular formula is C10H15FO. The Kier molecular flexibility index (Phi) is 1.59. The summed E-state index contributed by atoms with van der Waals surface area (Å²) in [7, 11) is 0. The fourth-order valence-electron chi connectivity index (χ4n) is 2.90. The van der Waals surface area contributed by atoms with Crippen LogP contribution in [0.1, 0.15) is 32.1 Å². The minimum Gasteiger partial charge on any atom is -0.364 e. The second-order valence-electron chi connectivity index (χ2n) is 4.44. The Morgan fingerprint density at radius 2 is 1.92 bits per heavy atom. The summed E-state index contributed by atoms with van der Waals surface area (Å²) in [5.74, 6) is 0. The van der Waals surface area contributed by atoms with Crippen molar-refractivity contribution >= 4 is 0 Å². The van der Waals surface area contributed by atoms with Crippen molar-refractivity contribution in [1.82, 2.24) is 0 Å². The third-order valence-corrected chi connectivity index (χ3v) is 3.88. The van der Waals surface area contributed by atoms with E-state index in [1.54, 1.807) is 0 Å². The molecule has 0 aliphatic heterocycles. The van der Waals surface area contributed by atoms with Crippen LogP contribution in [-0.4, -0.2) is 11.5 Å². The SMILES string of the molecule is C=CC12CCC(C(O)F)(CC1)C2. The summed E-state index contributed by atoms with van der Waals surface area (Å²) < 4.78 is 12.9. The average Bonchev–Trinajstić information content (AvgIpc) is 2.61. The van der Waals surface area contributed by atoms with Gasteiger partial charge >= 0.3 is 0 Å². The third-order valence-electron chi connectivity index (χ3n) is 3.88. The highest BCUT2D eigenvalue weighted by atomic mass is 19.1. The van der Waals surface area contributed by atoms with Crippen LogP contribution >= 0.6 is 0 Å². The van der Waals surface area contributed by atoms with Gasteiger partial charge in [-0.2, -0.15) is 0 Å². The third kappa shape index (κ3) is 0.875. The molecule has 2 aliphatic rings. The predicted molar refractivity (Wildman–Crippen MR) is 45.3 cm³/mol. The van der Waals surface area contributed by atoms with Gasteiger partial charge in [0.15, 0.2) is 0 Å². The minimum absolute atomic E-state index is 0.160. The average molecular weight is 170 g/mol. The lowest BCUT2D eigenvalue weighted by molar-refractivity contribution is -0.0693. The van der Waals surface area contributed by atoms with Gasteiger partial charge in [-0.1, -0.05) is 6.08 Å². The lowest BCUT2D eigenvalue weighted by atomic mass is 9.82. The number of aliphatic hydroxyl groups excluding tert-OH is 1. The summed E-state index contributed by atoms with van der Waals surface area (Å²) in [4.78, 5) is 0. The van der Waals surface area contributed by atoms with Crippen LogP contribution in [0.2, 0.25) is 0 Å². The number of hydrogen-bond donors (Lipinski definition) is 1. The van der Waals surface area contributed by atoms with Crippen molar-refractivity contribution in [3.63, 3.8) is 0 Å². The van der Waals surface area contributed by atoms with Crippen molar-refractivity contribution in [2.75, 3.05) is 0 Å². The summed E-state index contributed by atoms with van der Waals surface area (Å²) >= 11 is 0. The second-order valence-corrected chi connectivity index (χ2v) is 4.44. The Hall–Kier alpha value is -0.370. The largest absolute Gasteiger partial charge is 0.364 e. The maximum absolute atomic E-state index is 12.9. The first-order valence-electron chi connectivity index (χ1n) is 4.58. The van der Waals surface area contributed by atoms with E-state index in [1.807, 2.05) is 6.08 Å². The van der Waals surface area contributed by atoms with Crippen LogP contribution in [0, 0.1) is 10.8 Å². The van der Waals surface area contributed by atoms with Gasteiger partial charge in [0, 0.05) is 5.41 Å². The lowest BCUT2D eigenvalue weighted by Crippen LogP contribution is -2.26. The molecule has 2 saturated carbocycles. The van der Waals surface area contributed by atoms with Crippen LogP contribution in [-0.2, 0) is 0 Å². The Labute approximate surface area is 72.3 Å². The maximum Gasteiger partial charge on any atom is 0.202 e. The van der Waals surface area contributed by atoms with Gasteiger partial charge in [-0.15, -0.1) is 6.58 Å². The topological polar surface area (TPSA) is 20.2 Å². The molecule has 1 unspecified atom stereocenters. The van der Waals surface area contributed by atoms with E-state index in [9.17, 15) is 4.39 Å². The van der Waals surface area contributed by atoms with Crippen LogP contribution in [0.5, 0.6) is 0 Å². The zero-order valence-electron chi connectivity index (χ0n) is 7.22. The molecule has 2 fully saturated rings. The minimum atomic E-state index is -1.62. The number of hydrogen-bond acceptors (Lipinski definition) is 1. The van der Waals surface area contributed by atoms with Gasteiger partial charge in [0.05, 0.1) is 0 Å². The van der Waals surface area contributed by atoms with E-state index in [4.69, 9.17) is 5.11 Å². The summed E-state index contributed by atoms with van der Waals surface area (Å²) in [6.07, 6.45) is 4.83. The number of aliphatic hydroxyl groups is 1. The van der Waals surface area contributed by atoms with E-state index in [2.05, 4.69) is 6.58 Å². The molecule has 0 aromatic carbocycles. The van der Waals surface area contributed by atoms with Crippen molar-refractivity contribution in [2.45, 2.75) is 38.5 Å². The van der Waals surface area contributed by atoms with Gasteiger partial charge in [0.25, 0.3) is 0 Å². The zero-order valence-corrected chi connectivity index (χ0v) is 7.22. The highest BCUT2D eigenvalue weighted by molar-refractivity contribution is 5.12. The molecule has 0 heterocycles. The van der Waals surface area contributed by atoms with E-state index < -0.39 is 11.8 Å². The quantitative estimate of drug-likeness (QED) is 0.631. The van der Waals surface area contributed by atoms with Gasteiger partial charge in [-0.3, -0.25) is 0 Å². The molecule has 0 spiro atoms. The molecule has 2 heteroatoms. The first-order chi connectivity index (χ1) is 5.63. The molecule has 0 aromatic rings. The predicted octanol–water partition coefficient (Wildman–Crippen LogP) is 2.41. The number of halogens is 1. The molecule has 2 aliphatic carbocycles. The van der Waals surface area contributed by atoms with Crippen molar-refractivity contribution in [1.29, 1.82) is 0 Å². The zero-order chi connectivity index (χ0) is 8.82. The first kappa shape index (κ1) is 8.24. The fourth-order valence-corrected chi connectivity index (χ4v) is 2.90. The monoisotopic (exact) mass is 170 g/mol. The number of rotatable bonds is 2. The molecule has 68 valence electrons. The molecule has 0 amide bonds. The normalized spacial score (nSPS) is 47.8. The molecule has 0 saturated heterocycles. The molecular weight excluding hydrogens is 155 g/mol. The maximum atomic E-state index is 12.9. The molecule has 2 bridgehead atoms. The molecule has 12 heavy (non-hydrogen) atoms. The molecule has 0 radical (unpaired) electrons. The molecule has 1 N–H and O–H groups in total. The Morgan fingerprint density at radius 1 is 1.33 bits per heavy atom. The highest BCUT2D eigenvalue weighted by Gasteiger charge is 2.56. The standard InChI is InChI=1S/C10H15FO/c1-2-9-3-5-10(7-9,6-4-9)8(11)12/h2,8,12H,1,3-7H2. The smallest absolute Gasteiger partial charge is 0.202 e. The van der Waals surface area contributed by atoms with Crippen LogP contribution in [0.3, 0.4) is 0 Å². The van der Waals surface area contributed by atoms with E-state index in [0.717, 1.165) is 32.1 Å². The molecule has 1 atom stereocenters. The van der Waals surface area contributed by atoms with Crippen LogP contribution < -0.4 is 0 Å². The van der Waals surface area contributed by atoms with E-state index in [-0.39, 0.29) is 5.41 Å². The summed E-state index contributed by atoms with van der Waals surface area (Å²) in [5, 5.41) is 9.04. The van der Waals surface area contributed by atoms with Gasteiger partial charge in [0.2, 0.25) is 6.36 Å². The molecule has 2 rings (SSSR count). The van der Waals surface area contributed by atoms with Crippen LogP contribution in [0.25, 0.3) is 0 Å². The van der Waals surface area contributed by atoms with Crippen molar-refractivity contribution in [2.24, 2.45) is 10.8 Å². The van der Waals surface area contributed by atoms with Gasteiger partial charge in [-0.25, -0.2) is 4.39 Å². The Bertz CT molecular complexity index is 202.